The zero-order valence-electron chi connectivity index (χ0n) is 10.2. The van der Waals surface area contributed by atoms with E-state index in [9.17, 15) is 4.39 Å². The van der Waals surface area contributed by atoms with Crippen LogP contribution in [0.2, 0.25) is 0 Å². The maximum absolute atomic E-state index is 14.0. The predicted octanol–water partition coefficient (Wildman–Crippen LogP) is 1.12. The molecule has 1 aromatic heterocycles. The molecule has 3 N–H and O–H groups in total. The summed E-state index contributed by atoms with van der Waals surface area (Å²) in [5.74, 6) is 5.61. The molecule has 5 nitrogen and oxygen atoms in total. The van der Waals surface area contributed by atoms with Crippen LogP contribution in [0.1, 0.15) is 17.3 Å². The van der Waals surface area contributed by atoms with Gasteiger partial charge in [-0.3, -0.25) is 5.84 Å². The summed E-state index contributed by atoms with van der Waals surface area (Å²) >= 11 is 0. The van der Waals surface area contributed by atoms with Crippen LogP contribution in [-0.4, -0.2) is 16.7 Å². The number of nitrogens with two attached hydrogens (primary N) is 1. The predicted molar refractivity (Wildman–Crippen MR) is 65.3 cm³/mol. The summed E-state index contributed by atoms with van der Waals surface area (Å²) in [4.78, 5) is 4.00. The third kappa shape index (κ3) is 2.20. The maximum Gasteiger partial charge on any atom is 0.132 e. The Morgan fingerprint density at radius 2 is 2.28 bits per heavy atom. The summed E-state index contributed by atoms with van der Waals surface area (Å²) in [5.41, 5.74) is 3.82. The largest absolute Gasteiger partial charge is 0.497 e. The lowest BCUT2D eigenvalue weighted by molar-refractivity contribution is 0.409. The number of benzene rings is 1. The molecule has 2 aromatic rings. The molecule has 1 heterocycles. The molecular weight excluding hydrogens is 235 g/mol. The van der Waals surface area contributed by atoms with E-state index in [2.05, 4.69) is 10.4 Å². The first kappa shape index (κ1) is 12.5. The van der Waals surface area contributed by atoms with Gasteiger partial charge in [-0.05, 0) is 6.07 Å². The Balaban J connectivity index is 2.42. The van der Waals surface area contributed by atoms with Gasteiger partial charge in [-0.25, -0.2) is 14.8 Å². The van der Waals surface area contributed by atoms with E-state index in [1.165, 1.54) is 13.2 Å². The van der Waals surface area contributed by atoms with Crippen molar-refractivity contribution in [2.24, 2.45) is 12.9 Å². The Bertz CT molecular complexity index is 541. The number of rotatable bonds is 4. The monoisotopic (exact) mass is 250 g/mol. The summed E-state index contributed by atoms with van der Waals surface area (Å²) in [6.45, 7) is 0. The minimum Gasteiger partial charge on any atom is -0.497 e. The first-order valence-corrected chi connectivity index (χ1v) is 5.43. The van der Waals surface area contributed by atoms with Crippen LogP contribution < -0.4 is 16.0 Å². The highest BCUT2D eigenvalue weighted by Crippen LogP contribution is 2.26. The first-order chi connectivity index (χ1) is 8.67. The number of halogens is 1. The number of nitrogens with one attached hydrogen (secondary N) is 1. The van der Waals surface area contributed by atoms with Gasteiger partial charge >= 0.3 is 0 Å². The molecular formula is C12H15FN4O. The Labute approximate surface area is 104 Å². The Kier molecular flexibility index (Phi) is 3.59. The maximum atomic E-state index is 14.0. The summed E-state index contributed by atoms with van der Waals surface area (Å²) < 4.78 is 20.7. The van der Waals surface area contributed by atoms with Gasteiger partial charge in [0.15, 0.2) is 0 Å². The first-order valence-electron chi connectivity index (χ1n) is 5.43. The van der Waals surface area contributed by atoms with E-state index < -0.39 is 6.04 Å². The molecule has 18 heavy (non-hydrogen) atoms. The number of imidazole rings is 1. The third-order valence-corrected chi connectivity index (χ3v) is 2.84. The van der Waals surface area contributed by atoms with Crippen molar-refractivity contribution < 1.29 is 9.13 Å². The van der Waals surface area contributed by atoms with Gasteiger partial charge < -0.3 is 9.30 Å². The zero-order valence-corrected chi connectivity index (χ0v) is 10.2. The van der Waals surface area contributed by atoms with E-state index in [-0.39, 0.29) is 5.82 Å². The Morgan fingerprint density at radius 1 is 1.50 bits per heavy atom. The van der Waals surface area contributed by atoms with Crippen molar-refractivity contribution in [1.29, 1.82) is 0 Å². The highest BCUT2D eigenvalue weighted by molar-refractivity contribution is 5.34. The van der Waals surface area contributed by atoms with E-state index in [4.69, 9.17) is 10.6 Å². The Morgan fingerprint density at radius 3 is 2.78 bits per heavy atom. The van der Waals surface area contributed by atoms with E-state index in [0.29, 0.717) is 11.3 Å². The van der Waals surface area contributed by atoms with Crippen LogP contribution in [0.25, 0.3) is 0 Å². The van der Waals surface area contributed by atoms with Gasteiger partial charge in [-0.1, -0.05) is 6.07 Å². The van der Waals surface area contributed by atoms with Gasteiger partial charge in [-0.2, -0.15) is 0 Å². The van der Waals surface area contributed by atoms with Crippen molar-refractivity contribution in [3.05, 3.63) is 47.8 Å². The SMILES string of the molecule is COc1ccc(C(NN)c2cncn2C)c(F)c1. The van der Waals surface area contributed by atoms with E-state index in [0.717, 1.165) is 5.69 Å². The fraction of sp³-hybridized carbons (Fsp3) is 0.250. The molecule has 96 valence electrons. The summed E-state index contributed by atoms with van der Waals surface area (Å²) in [6, 6.07) is 4.21. The topological polar surface area (TPSA) is 65.1 Å². The lowest BCUT2D eigenvalue weighted by Gasteiger charge is -2.17. The van der Waals surface area contributed by atoms with Crippen LogP contribution in [0.4, 0.5) is 4.39 Å². The fourth-order valence-corrected chi connectivity index (χ4v) is 1.85. The second-order valence-corrected chi connectivity index (χ2v) is 3.92. The molecule has 2 rings (SSSR count). The second kappa shape index (κ2) is 5.16. The average Bonchev–Trinajstić information content (AvgIpc) is 2.78. The minimum absolute atomic E-state index is 0.376. The van der Waals surface area contributed by atoms with Crippen molar-refractivity contribution in [3.63, 3.8) is 0 Å². The van der Waals surface area contributed by atoms with Gasteiger partial charge in [0.25, 0.3) is 0 Å². The number of nitrogens with zero attached hydrogens (tertiary/aromatic N) is 2. The van der Waals surface area contributed by atoms with Gasteiger partial charge in [0, 0.05) is 18.7 Å². The smallest absolute Gasteiger partial charge is 0.132 e. The number of aromatic nitrogens is 2. The van der Waals surface area contributed by atoms with Crippen molar-refractivity contribution in [2.45, 2.75) is 6.04 Å². The van der Waals surface area contributed by atoms with Crippen molar-refractivity contribution in [3.8, 4) is 5.75 Å². The second-order valence-electron chi connectivity index (χ2n) is 3.92. The normalized spacial score (nSPS) is 12.4. The highest BCUT2D eigenvalue weighted by atomic mass is 19.1. The molecule has 0 bridgehead atoms. The van der Waals surface area contributed by atoms with E-state index in [1.807, 2.05) is 7.05 Å². The molecule has 0 amide bonds. The lowest BCUT2D eigenvalue weighted by Crippen LogP contribution is -2.30. The molecule has 0 saturated heterocycles. The van der Waals surface area contributed by atoms with Gasteiger partial charge in [0.1, 0.15) is 11.6 Å². The molecule has 0 aliphatic carbocycles. The minimum atomic E-state index is -0.455. The van der Waals surface area contributed by atoms with Crippen LogP contribution in [0.3, 0.4) is 0 Å². The number of aryl methyl sites for hydroxylation is 1. The standard InChI is InChI=1S/C12H15FN4O/c1-17-7-15-6-11(17)12(16-14)9-4-3-8(18-2)5-10(9)13/h3-7,12,16H,14H2,1-2H3. The molecule has 1 aromatic carbocycles. The summed E-state index contributed by atoms with van der Waals surface area (Å²) in [5, 5.41) is 0. The molecule has 0 radical (unpaired) electrons. The molecule has 1 atom stereocenters. The molecule has 6 heteroatoms. The van der Waals surface area contributed by atoms with E-state index in [1.54, 1.807) is 29.2 Å². The van der Waals surface area contributed by atoms with Gasteiger partial charge in [-0.15, -0.1) is 0 Å². The molecule has 0 fully saturated rings. The molecule has 0 aliphatic heterocycles. The number of hydrazine groups is 1. The number of hydrogen-bond donors (Lipinski definition) is 2. The zero-order chi connectivity index (χ0) is 13.1. The number of hydrogen-bond acceptors (Lipinski definition) is 4. The van der Waals surface area contributed by atoms with Crippen LogP contribution in [0.15, 0.2) is 30.7 Å². The quantitative estimate of drug-likeness (QED) is 0.630. The third-order valence-electron chi connectivity index (χ3n) is 2.84. The summed E-state index contributed by atoms with van der Waals surface area (Å²) in [7, 11) is 3.32. The highest BCUT2D eigenvalue weighted by Gasteiger charge is 2.19. The fourth-order valence-electron chi connectivity index (χ4n) is 1.85. The molecule has 0 saturated carbocycles. The van der Waals surface area contributed by atoms with E-state index >= 15 is 0 Å². The van der Waals surface area contributed by atoms with Crippen molar-refractivity contribution in [1.82, 2.24) is 15.0 Å². The van der Waals surface area contributed by atoms with Crippen LogP contribution >= 0.6 is 0 Å². The number of methoxy groups -OCH3 is 1. The number of ether oxygens (including phenoxy) is 1. The lowest BCUT2D eigenvalue weighted by atomic mass is 10.0. The van der Waals surface area contributed by atoms with Crippen molar-refractivity contribution >= 4 is 0 Å². The van der Waals surface area contributed by atoms with Crippen LogP contribution in [0, 0.1) is 5.82 Å². The average molecular weight is 250 g/mol. The molecule has 1 unspecified atom stereocenters. The van der Waals surface area contributed by atoms with Crippen LogP contribution in [0.5, 0.6) is 5.75 Å². The summed E-state index contributed by atoms with van der Waals surface area (Å²) in [6.07, 6.45) is 3.29. The van der Waals surface area contributed by atoms with Gasteiger partial charge in [0.05, 0.1) is 31.4 Å². The molecule has 0 aliphatic rings. The van der Waals surface area contributed by atoms with Crippen molar-refractivity contribution in [2.75, 3.05) is 7.11 Å². The van der Waals surface area contributed by atoms with Gasteiger partial charge in [0.2, 0.25) is 0 Å². The Hall–Kier alpha value is -1.92. The van der Waals surface area contributed by atoms with Crippen LogP contribution in [-0.2, 0) is 7.05 Å². The molecule has 0 spiro atoms.